The molecule has 4 atom stereocenters. The van der Waals surface area contributed by atoms with Crippen LogP contribution in [-0.4, -0.2) is 24.0 Å². The van der Waals surface area contributed by atoms with E-state index < -0.39 is 0 Å². The lowest BCUT2D eigenvalue weighted by Crippen LogP contribution is -2.60. The molecule has 4 saturated carbocycles. The minimum atomic E-state index is 0. The summed E-state index contributed by atoms with van der Waals surface area (Å²) in [6.45, 7) is 5.33. The average molecular weight is 366 g/mol. The zero-order chi connectivity index (χ0) is 15.4. The van der Waals surface area contributed by atoms with Crippen LogP contribution in [0.25, 0.3) is 0 Å². The Kier molecular flexibility index (Phi) is 4.77. The van der Waals surface area contributed by atoms with Gasteiger partial charge in [0.25, 0.3) is 0 Å². The lowest BCUT2D eigenvalue weighted by atomic mass is 9.43. The summed E-state index contributed by atoms with van der Waals surface area (Å²) >= 11 is 2.05. The minimum Gasteiger partial charge on any atom is -0.300 e. The fourth-order valence-corrected chi connectivity index (χ4v) is 8.40. The van der Waals surface area contributed by atoms with Gasteiger partial charge in [0, 0.05) is 16.8 Å². The van der Waals surface area contributed by atoms with Crippen molar-refractivity contribution in [2.75, 3.05) is 13.1 Å². The molecule has 0 amide bonds. The first-order valence-electron chi connectivity index (χ1n) is 10.0. The molecule has 2 heterocycles. The molecule has 1 aromatic rings. The number of piperidine rings is 1. The second kappa shape index (κ2) is 6.59. The normalized spacial score (nSPS) is 42.7. The SMILES string of the molecule is CC(N1CCCCC1)C12CC3CC(CC(C3)C1c1cccs1)C2.Cl. The van der Waals surface area contributed by atoms with Gasteiger partial charge in [-0.25, -0.2) is 0 Å². The molecule has 0 aromatic carbocycles. The lowest BCUT2D eigenvalue weighted by Gasteiger charge is -2.64. The molecule has 3 heteroatoms. The first-order valence-corrected chi connectivity index (χ1v) is 10.9. The maximum Gasteiger partial charge on any atom is 0.0130 e. The van der Waals surface area contributed by atoms with Crippen molar-refractivity contribution in [1.29, 1.82) is 0 Å². The van der Waals surface area contributed by atoms with E-state index in [2.05, 4.69) is 29.3 Å². The Balaban J connectivity index is 0.00000146. The van der Waals surface area contributed by atoms with Crippen molar-refractivity contribution >= 4 is 23.7 Å². The van der Waals surface area contributed by atoms with Gasteiger partial charge in [-0.05, 0) is 99.6 Å². The van der Waals surface area contributed by atoms with Crippen molar-refractivity contribution in [1.82, 2.24) is 4.90 Å². The summed E-state index contributed by atoms with van der Waals surface area (Å²) in [5.74, 6) is 3.96. The predicted octanol–water partition coefficient (Wildman–Crippen LogP) is 5.95. The third-order valence-corrected chi connectivity index (χ3v) is 8.94. The minimum absolute atomic E-state index is 0. The van der Waals surface area contributed by atoms with Crippen LogP contribution in [-0.2, 0) is 0 Å². The maximum atomic E-state index is 2.89. The first kappa shape index (κ1) is 17.4. The van der Waals surface area contributed by atoms with E-state index in [1.165, 1.54) is 58.0 Å². The van der Waals surface area contributed by atoms with Crippen LogP contribution >= 0.6 is 23.7 Å². The number of rotatable bonds is 3. The van der Waals surface area contributed by atoms with Gasteiger partial charge in [0.15, 0.2) is 0 Å². The highest BCUT2D eigenvalue weighted by molar-refractivity contribution is 7.10. The summed E-state index contributed by atoms with van der Waals surface area (Å²) in [7, 11) is 0. The first-order chi connectivity index (χ1) is 11.3. The number of halogens is 1. The number of likely N-dealkylation sites (tertiary alicyclic amines) is 1. The number of hydrogen-bond donors (Lipinski definition) is 0. The number of nitrogens with zero attached hydrogens (tertiary/aromatic N) is 1. The summed E-state index contributed by atoms with van der Waals surface area (Å²) in [5.41, 5.74) is 0.594. The molecule has 1 nitrogen and oxygen atoms in total. The molecule has 1 aromatic heterocycles. The van der Waals surface area contributed by atoms with Crippen molar-refractivity contribution in [3.05, 3.63) is 22.4 Å². The highest BCUT2D eigenvalue weighted by atomic mass is 35.5. The fourth-order valence-electron chi connectivity index (χ4n) is 7.36. The van der Waals surface area contributed by atoms with E-state index in [1.807, 2.05) is 11.3 Å². The van der Waals surface area contributed by atoms with Crippen molar-refractivity contribution in [3.63, 3.8) is 0 Å². The van der Waals surface area contributed by atoms with Crippen molar-refractivity contribution in [2.24, 2.45) is 23.2 Å². The Labute approximate surface area is 157 Å². The van der Waals surface area contributed by atoms with Crippen LogP contribution in [0, 0.1) is 23.2 Å². The molecular weight excluding hydrogens is 334 g/mol. The molecule has 134 valence electrons. The van der Waals surface area contributed by atoms with Gasteiger partial charge >= 0.3 is 0 Å². The monoisotopic (exact) mass is 365 g/mol. The van der Waals surface area contributed by atoms with Crippen molar-refractivity contribution in [2.45, 2.75) is 70.3 Å². The highest BCUT2D eigenvalue weighted by Crippen LogP contribution is 2.68. The highest BCUT2D eigenvalue weighted by Gasteiger charge is 2.60. The van der Waals surface area contributed by atoms with E-state index in [1.54, 1.807) is 11.3 Å². The molecule has 24 heavy (non-hydrogen) atoms. The molecule has 4 unspecified atom stereocenters. The van der Waals surface area contributed by atoms with Crippen LogP contribution in [0.5, 0.6) is 0 Å². The predicted molar refractivity (Wildman–Crippen MR) is 105 cm³/mol. The third kappa shape index (κ3) is 2.59. The summed E-state index contributed by atoms with van der Waals surface area (Å²) in [5, 5.41) is 2.32. The average Bonchev–Trinajstić information content (AvgIpc) is 3.08. The molecule has 0 N–H and O–H groups in total. The lowest BCUT2D eigenvalue weighted by molar-refractivity contribution is -0.118. The molecule has 4 aliphatic carbocycles. The quantitative estimate of drug-likeness (QED) is 0.639. The van der Waals surface area contributed by atoms with Gasteiger partial charge in [-0.1, -0.05) is 12.5 Å². The zero-order valence-corrected chi connectivity index (χ0v) is 16.6. The van der Waals surface area contributed by atoms with Crippen LogP contribution in [0.3, 0.4) is 0 Å². The number of thiophene rings is 1. The van der Waals surface area contributed by atoms with E-state index in [0.717, 1.165) is 29.7 Å². The Morgan fingerprint density at radius 1 is 1.08 bits per heavy atom. The van der Waals surface area contributed by atoms with Crippen LogP contribution in [0.1, 0.15) is 69.1 Å². The largest absolute Gasteiger partial charge is 0.300 e. The van der Waals surface area contributed by atoms with Crippen LogP contribution < -0.4 is 0 Å². The summed E-state index contributed by atoms with van der Waals surface area (Å²) in [6.07, 6.45) is 12.0. The van der Waals surface area contributed by atoms with Gasteiger partial charge in [0.05, 0.1) is 0 Å². The zero-order valence-electron chi connectivity index (χ0n) is 15.0. The molecule has 6 rings (SSSR count). The molecule has 1 saturated heterocycles. The van der Waals surface area contributed by atoms with Crippen molar-refractivity contribution in [3.8, 4) is 0 Å². The molecule has 0 spiro atoms. The summed E-state index contributed by atoms with van der Waals surface area (Å²) < 4.78 is 0. The van der Waals surface area contributed by atoms with Crippen LogP contribution in [0.2, 0.25) is 0 Å². The topological polar surface area (TPSA) is 3.24 Å². The smallest absolute Gasteiger partial charge is 0.0130 e. The fraction of sp³-hybridized carbons (Fsp3) is 0.810. The van der Waals surface area contributed by atoms with Crippen molar-refractivity contribution < 1.29 is 0 Å². The maximum absolute atomic E-state index is 2.89. The molecule has 0 radical (unpaired) electrons. The van der Waals surface area contributed by atoms with Crippen LogP contribution in [0.15, 0.2) is 17.5 Å². The van der Waals surface area contributed by atoms with Gasteiger partial charge in [0.2, 0.25) is 0 Å². The summed E-state index contributed by atoms with van der Waals surface area (Å²) in [4.78, 5) is 4.61. The third-order valence-electron chi connectivity index (χ3n) is 7.99. The van der Waals surface area contributed by atoms with E-state index in [4.69, 9.17) is 0 Å². The number of hydrogen-bond acceptors (Lipinski definition) is 2. The molecule has 1 aliphatic heterocycles. The van der Waals surface area contributed by atoms with Gasteiger partial charge in [0.1, 0.15) is 0 Å². The van der Waals surface area contributed by atoms with Gasteiger partial charge in [-0.15, -0.1) is 23.7 Å². The molecule has 4 bridgehead atoms. The molecule has 5 fully saturated rings. The summed E-state index contributed by atoms with van der Waals surface area (Å²) in [6, 6.07) is 5.55. The van der Waals surface area contributed by atoms with E-state index >= 15 is 0 Å². The molecular formula is C21H32ClNS. The Hall–Kier alpha value is -0.0500. The van der Waals surface area contributed by atoms with E-state index in [-0.39, 0.29) is 12.4 Å². The van der Waals surface area contributed by atoms with Gasteiger partial charge < -0.3 is 4.90 Å². The Morgan fingerprint density at radius 2 is 1.79 bits per heavy atom. The molecule has 5 aliphatic rings. The van der Waals surface area contributed by atoms with E-state index in [0.29, 0.717) is 5.41 Å². The van der Waals surface area contributed by atoms with Gasteiger partial charge in [-0.2, -0.15) is 0 Å². The van der Waals surface area contributed by atoms with Gasteiger partial charge in [-0.3, -0.25) is 0 Å². The van der Waals surface area contributed by atoms with Crippen LogP contribution in [0.4, 0.5) is 0 Å². The Morgan fingerprint density at radius 3 is 2.42 bits per heavy atom. The standard InChI is InChI=1S/C21H31NS.ClH/c1-15(22-7-3-2-4-8-22)21-13-16-10-17(14-21)12-18(11-16)20(21)19-6-5-9-23-19;/h5-6,9,15-18,20H,2-4,7-8,10-14H2,1H3;1H. The second-order valence-corrected chi connectivity index (χ2v) is 10.1. The second-order valence-electron chi connectivity index (χ2n) is 9.11. The van der Waals surface area contributed by atoms with E-state index in [9.17, 15) is 0 Å². The Bertz CT molecular complexity index is 536.